The van der Waals surface area contributed by atoms with Crippen molar-refractivity contribution < 1.29 is 9.26 Å². The van der Waals surface area contributed by atoms with Crippen LogP contribution in [0, 0.1) is 5.92 Å². The molecule has 1 saturated carbocycles. The zero-order valence-electron chi connectivity index (χ0n) is 8.27. The van der Waals surface area contributed by atoms with Crippen molar-refractivity contribution in [2.45, 2.75) is 25.3 Å². The summed E-state index contributed by atoms with van der Waals surface area (Å²) in [4.78, 5) is 4.23. The molecule has 0 amide bonds. The third kappa shape index (κ3) is 2.10. The molecule has 5 nitrogen and oxygen atoms in total. The number of aromatic nitrogens is 2. The van der Waals surface area contributed by atoms with Gasteiger partial charge in [-0.2, -0.15) is 4.98 Å². The second kappa shape index (κ2) is 4.06. The van der Waals surface area contributed by atoms with Gasteiger partial charge in [-0.3, -0.25) is 0 Å². The van der Waals surface area contributed by atoms with Gasteiger partial charge in [0.2, 0.25) is 5.89 Å². The Morgan fingerprint density at radius 3 is 3.07 bits per heavy atom. The second-order valence-corrected chi connectivity index (χ2v) is 3.65. The molecule has 0 aromatic carbocycles. The van der Waals surface area contributed by atoms with Gasteiger partial charge in [-0.25, -0.2) is 0 Å². The standard InChI is InChI=1S/C9H15N3O2/c1-13-5-4-7-11-9(12-14-7)8(10)6-2-3-6/h6,8H,2-5,10H2,1H3. The molecule has 0 aliphatic heterocycles. The summed E-state index contributed by atoms with van der Waals surface area (Å²) in [5.74, 6) is 1.81. The molecule has 5 heteroatoms. The predicted octanol–water partition coefficient (Wildman–Crippen LogP) is 0.668. The molecular formula is C9H15N3O2. The molecule has 2 rings (SSSR count). The first-order valence-corrected chi connectivity index (χ1v) is 4.88. The zero-order valence-corrected chi connectivity index (χ0v) is 8.27. The van der Waals surface area contributed by atoms with Crippen LogP contribution >= 0.6 is 0 Å². The molecule has 1 heterocycles. The van der Waals surface area contributed by atoms with Crippen molar-refractivity contribution in [1.82, 2.24) is 10.1 Å². The van der Waals surface area contributed by atoms with Gasteiger partial charge in [0.15, 0.2) is 5.82 Å². The molecule has 1 fully saturated rings. The highest BCUT2D eigenvalue weighted by atomic mass is 16.5. The molecule has 14 heavy (non-hydrogen) atoms. The molecule has 1 unspecified atom stereocenters. The smallest absolute Gasteiger partial charge is 0.229 e. The van der Waals surface area contributed by atoms with Crippen LogP contribution in [0.2, 0.25) is 0 Å². The van der Waals surface area contributed by atoms with Crippen LogP contribution in [-0.4, -0.2) is 23.9 Å². The van der Waals surface area contributed by atoms with Gasteiger partial charge in [0.1, 0.15) is 0 Å². The second-order valence-electron chi connectivity index (χ2n) is 3.65. The number of methoxy groups -OCH3 is 1. The number of rotatable bonds is 5. The summed E-state index contributed by atoms with van der Waals surface area (Å²) in [6.07, 6.45) is 3.02. The van der Waals surface area contributed by atoms with Crippen molar-refractivity contribution in [2.75, 3.05) is 13.7 Å². The quantitative estimate of drug-likeness (QED) is 0.750. The molecule has 1 aliphatic rings. The normalized spacial score (nSPS) is 18.4. The Balaban J connectivity index is 1.94. The maximum atomic E-state index is 5.93. The van der Waals surface area contributed by atoms with E-state index >= 15 is 0 Å². The van der Waals surface area contributed by atoms with E-state index < -0.39 is 0 Å². The van der Waals surface area contributed by atoms with Crippen LogP contribution < -0.4 is 5.73 Å². The van der Waals surface area contributed by atoms with Crippen molar-refractivity contribution in [3.05, 3.63) is 11.7 Å². The lowest BCUT2D eigenvalue weighted by molar-refractivity contribution is 0.192. The molecule has 1 aromatic heterocycles. The molecule has 1 aliphatic carbocycles. The summed E-state index contributed by atoms with van der Waals surface area (Å²) in [6, 6.07) is -0.0463. The molecule has 1 aromatic rings. The average molecular weight is 197 g/mol. The lowest BCUT2D eigenvalue weighted by Gasteiger charge is -2.01. The third-order valence-electron chi connectivity index (χ3n) is 2.43. The fourth-order valence-electron chi connectivity index (χ4n) is 1.36. The summed E-state index contributed by atoms with van der Waals surface area (Å²) in [5, 5.41) is 3.86. The highest BCUT2D eigenvalue weighted by Crippen LogP contribution is 2.38. The van der Waals surface area contributed by atoms with Crippen molar-refractivity contribution in [2.24, 2.45) is 11.7 Å². The van der Waals surface area contributed by atoms with E-state index in [0.29, 0.717) is 30.7 Å². The number of nitrogens with two attached hydrogens (primary N) is 1. The van der Waals surface area contributed by atoms with Gasteiger partial charge in [-0.1, -0.05) is 5.16 Å². The summed E-state index contributed by atoms with van der Waals surface area (Å²) in [5.41, 5.74) is 5.93. The minimum Gasteiger partial charge on any atom is -0.384 e. The summed E-state index contributed by atoms with van der Waals surface area (Å²) < 4.78 is 9.96. The average Bonchev–Trinajstić information content (AvgIpc) is 2.94. The van der Waals surface area contributed by atoms with Gasteiger partial charge < -0.3 is 15.0 Å². The Morgan fingerprint density at radius 2 is 2.43 bits per heavy atom. The fourth-order valence-corrected chi connectivity index (χ4v) is 1.36. The van der Waals surface area contributed by atoms with Gasteiger partial charge in [-0.15, -0.1) is 0 Å². The van der Waals surface area contributed by atoms with Crippen LogP contribution in [0.3, 0.4) is 0 Å². The van der Waals surface area contributed by atoms with Crippen molar-refractivity contribution in [3.63, 3.8) is 0 Å². The van der Waals surface area contributed by atoms with Crippen LogP contribution in [0.15, 0.2) is 4.52 Å². The van der Waals surface area contributed by atoms with Gasteiger partial charge in [0, 0.05) is 7.11 Å². The maximum Gasteiger partial charge on any atom is 0.229 e. The number of ether oxygens (including phenoxy) is 1. The summed E-state index contributed by atoms with van der Waals surface area (Å²) in [6.45, 7) is 0.598. The van der Waals surface area contributed by atoms with Crippen LogP contribution in [0.5, 0.6) is 0 Å². The van der Waals surface area contributed by atoms with Gasteiger partial charge in [-0.05, 0) is 18.8 Å². The molecule has 0 radical (unpaired) electrons. The predicted molar refractivity (Wildman–Crippen MR) is 49.5 cm³/mol. The van der Waals surface area contributed by atoms with Crippen LogP contribution in [0.25, 0.3) is 0 Å². The highest BCUT2D eigenvalue weighted by molar-refractivity contribution is 4.99. The lowest BCUT2D eigenvalue weighted by Crippen LogP contribution is -2.14. The van der Waals surface area contributed by atoms with Crippen LogP contribution in [-0.2, 0) is 11.2 Å². The van der Waals surface area contributed by atoms with E-state index in [4.69, 9.17) is 15.0 Å². The Hall–Kier alpha value is -0.940. The first-order valence-electron chi connectivity index (χ1n) is 4.88. The lowest BCUT2D eigenvalue weighted by atomic mass is 10.2. The molecule has 1 atom stereocenters. The molecule has 2 N–H and O–H groups in total. The van der Waals surface area contributed by atoms with Gasteiger partial charge >= 0.3 is 0 Å². The van der Waals surface area contributed by atoms with E-state index in [1.165, 1.54) is 12.8 Å². The van der Waals surface area contributed by atoms with Crippen molar-refractivity contribution in [1.29, 1.82) is 0 Å². The largest absolute Gasteiger partial charge is 0.384 e. The number of nitrogens with zero attached hydrogens (tertiary/aromatic N) is 2. The SMILES string of the molecule is COCCc1nc(C(N)C2CC2)no1. The Morgan fingerprint density at radius 1 is 1.64 bits per heavy atom. The minimum atomic E-state index is -0.0463. The molecular weight excluding hydrogens is 182 g/mol. The fraction of sp³-hybridized carbons (Fsp3) is 0.778. The zero-order chi connectivity index (χ0) is 9.97. The van der Waals surface area contributed by atoms with E-state index in [9.17, 15) is 0 Å². The molecule has 78 valence electrons. The third-order valence-corrected chi connectivity index (χ3v) is 2.43. The molecule has 0 spiro atoms. The van der Waals surface area contributed by atoms with E-state index in [2.05, 4.69) is 10.1 Å². The van der Waals surface area contributed by atoms with Crippen molar-refractivity contribution in [3.8, 4) is 0 Å². The van der Waals surface area contributed by atoms with E-state index in [1.807, 2.05) is 0 Å². The van der Waals surface area contributed by atoms with Crippen LogP contribution in [0.4, 0.5) is 0 Å². The summed E-state index contributed by atoms with van der Waals surface area (Å²) in [7, 11) is 1.65. The first kappa shape index (κ1) is 9.61. The van der Waals surface area contributed by atoms with Crippen LogP contribution in [0.1, 0.15) is 30.6 Å². The number of hydrogen-bond acceptors (Lipinski definition) is 5. The molecule has 0 bridgehead atoms. The van der Waals surface area contributed by atoms with E-state index in [-0.39, 0.29) is 6.04 Å². The van der Waals surface area contributed by atoms with E-state index in [0.717, 1.165) is 0 Å². The highest BCUT2D eigenvalue weighted by Gasteiger charge is 2.32. The Bertz CT molecular complexity index is 296. The monoisotopic (exact) mass is 197 g/mol. The minimum absolute atomic E-state index is 0.0463. The summed E-state index contributed by atoms with van der Waals surface area (Å²) >= 11 is 0. The molecule has 0 saturated heterocycles. The van der Waals surface area contributed by atoms with Gasteiger partial charge in [0.25, 0.3) is 0 Å². The van der Waals surface area contributed by atoms with E-state index in [1.54, 1.807) is 7.11 Å². The number of hydrogen-bond donors (Lipinski definition) is 1. The van der Waals surface area contributed by atoms with Gasteiger partial charge in [0.05, 0.1) is 19.1 Å². The van der Waals surface area contributed by atoms with Crippen molar-refractivity contribution >= 4 is 0 Å². The topological polar surface area (TPSA) is 74.2 Å². The Labute approximate surface area is 82.6 Å². The Kier molecular flexibility index (Phi) is 2.79. The maximum absolute atomic E-state index is 5.93. The first-order chi connectivity index (χ1) is 6.81.